The number of aliphatic hydroxyl groups is 2. The number of rotatable bonds is 13. The van der Waals surface area contributed by atoms with E-state index in [-0.39, 0.29) is 47.9 Å². The van der Waals surface area contributed by atoms with Gasteiger partial charge in [0.2, 0.25) is 0 Å². The molecular weight excluding hydrogens is 1240 g/mol. The highest BCUT2D eigenvalue weighted by molar-refractivity contribution is 5.87. The molecule has 11 heterocycles. The molecule has 1 aromatic rings. The number of carbonyl (C=O) groups excluding carboxylic acids is 3. The molecule has 19 nitrogen and oxygen atoms in total. The molecule has 9 saturated carbocycles. The van der Waals surface area contributed by atoms with E-state index < -0.39 is 5.97 Å². The SMILES string of the molecule is C1CCC2OC2C1.C=C(C)C(=O)OCC1CO1.C=CC1CCC2OC2C1.C=COC(=O)C=C.CC1(C)C2CC3OC3(C)C1C2.CC1(C2CCC3OC3(C)C2)CO1.O=C(OCC1CCC2OC2C1)C1CCC2OC2C1.OCC1CCC2OC2C1.OCC1CO1.c1ccc(C2CO2)cc1. The highest BCUT2D eigenvalue weighted by atomic mass is 16.6. The third-order valence-electron chi connectivity index (χ3n) is 23.8. The molecule has 542 valence electrons. The van der Waals surface area contributed by atoms with Gasteiger partial charge in [0.05, 0.1) is 142 Å². The smallest absolute Gasteiger partial charge is 0.334 e. The van der Waals surface area contributed by atoms with Crippen molar-refractivity contribution in [2.75, 3.05) is 52.9 Å². The van der Waals surface area contributed by atoms with E-state index >= 15 is 0 Å². The van der Waals surface area contributed by atoms with E-state index in [1.165, 1.54) is 89.0 Å². The maximum atomic E-state index is 12.0. The normalized spacial score (nSPS) is 43.1. The van der Waals surface area contributed by atoms with Gasteiger partial charge in [-0.15, -0.1) is 6.58 Å². The zero-order valence-corrected chi connectivity index (χ0v) is 59.0. The summed E-state index contributed by atoms with van der Waals surface area (Å²) in [6.45, 7) is 31.6. The molecule has 19 heteroatoms. The van der Waals surface area contributed by atoms with Gasteiger partial charge in [-0.05, 0) is 196 Å². The molecule has 0 radical (unpaired) electrons. The standard InChI is InChI=1S/C14H20O4.C10H16O2.C10H16O.C8H12O.C8H8O.C7H10O3.C7H12O2.C6H10O.C5H6O2.C3H6O2/c15-14(9-2-4-11-13(6-9)18-11)16-7-8-1-3-10-12(5-8)17-10;1-9-5-7(10(2)6-11-10)3-4-8(9)12-9;1-9(2)6-4-7(9)10(3)8(5-6)11-10;1-2-6-3-4-7-8(5-6)9-7;1-2-4-7(5-3-1)8-6-9-8;1-5(2)7(8)10-4-6-3-9-6;8-4-5-1-2-6-7(3-5)9-6;1-2-4-6-5(3-1)7-6;1-3-5(6)7-4-2;4-1-3-2-5-3/h8-13H,1-7H2;7-8H,3-6H2,1-2H3;6-8H,4-5H2,1-3H3;2,6-8H,1,3-5H2;1-5,8H,6H2;6H,1,3-4H2,2H3;5-8H,1-4H2;5-6H,1-4H2;3-4H,1-2H2;3-4H,1-2H2. The van der Waals surface area contributed by atoms with Gasteiger partial charge in [0.25, 0.3) is 0 Å². The van der Waals surface area contributed by atoms with Crippen LogP contribution in [0.15, 0.2) is 80.6 Å². The number of fused-ring (bicyclic) bond motifs is 6. The lowest BCUT2D eigenvalue weighted by Gasteiger charge is -2.57. The molecule has 21 rings (SSSR count). The minimum atomic E-state index is -0.477. The van der Waals surface area contributed by atoms with Crippen LogP contribution in [0.4, 0.5) is 0 Å². The third-order valence-corrected chi connectivity index (χ3v) is 23.8. The van der Waals surface area contributed by atoms with Crippen LogP contribution in [0.25, 0.3) is 0 Å². The Bertz CT molecular complexity index is 2760. The number of epoxide rings is 11. The van der Waals surface area contributed by atoms with Crippen molar-refractivity contribution in [3.63, 3.8) is 0 Å². The van der Waals surface area contributed by atoms with Crippen molar-refractivity contribution in [1.82, 2.24) is 0 Å². The summed E-state index contributed by atoms with van der Waals surface area (Å²) in [5.41, 5.74) is 3.08. The van der Waals surface area contributed by atoms with E-state index in [9.17, 15) is 14.4 Å². The lowest BCUT2D eigenvalue weighted by atomic mass is 9.46. The number of esters is 3. The molecule has 20 aliphatic rings. The number of benzene rings is 1. The first-order chi connectivity index (χ1) is 46.6. The van der Waals surface area contributed by atoms with E-state index in [1.54, 1.807) is 6.92 Å². The van der Waals surface area contributed by atoms with Gasteiger partial charge in [0, 0.05) is 18.3 Å². The second kappa shape index (κ2) is 33.0. The third kappa shape index (κ3) is 22.0. The van der Waals surface area contributed by atoms with Crippen molar-refractivity contribution >= 4 is 17.9 Å². The zero-order chi connectivity index (χ0) is 68.7. The van der Waals surface area contributed by atoms with Crippen LogP contribution in [0, 0.1) is 46.8 Å². The van der Waals surface area contributed by atoms with Crippen molar-refractivity contribution in [2.45, 2.75) is 285 Å². The van der Waals surface area contributed by atoms with Gasteiger partial charge in [-0.1, -0.05) is 82.8 Å². The van der Waals surface area contributed by atoms with Crippen molar-refractivity contribution in [2.24, 2.45) is 46.8 Å². The van der Waals surface area contributed by atoms with Crippen LogP contribution in [0.2, 0.25) is 0 Å². The van der Waals surface area contributed by atoms with E-state index in [0.717, 1.165) is 107 Å². The molecule has 11 saturated heterocycles. The average Bonchev–Trinajstić information content (AvgIpc) is 1.50. The zero-order valence-electron chi connectivity index (χ0n) is 59.0. The van der Waals surface area contributed by atoms with Crippen molar-refractivity contribution in [3.05, 3.63) is 86.2 Å². The van der Waals surface area contributed by atoms with Crippen LogP contribution in [0.1, 0.15) is 188 Å². The Morgan fingerprint density at radius 3 is 1.62 bits per heavy atom. The summed E-state index contributed by atoms with van der Waals surface area (Å²) in [6, 6.07) is 10.3. The van der Waals surface area contributed by atoms with Crippen LogP contribution < -0.4 is 0 Å². The fraction of sp³-hybridized carbons (Fsp3) is 0.782. The first-order valence-corrected chi connectivity index (χ1v) is 37.1. The van der Waals surface area contributed by atoms with Gasteiger partial charge in [0.15, 0.2) is 0 Å². The second-order valence-corrected chi connectivity index (χ2v) is 31.7. The van der Waals surface area contributed by atoms with Crippen molar-refractivity contribution < 1.29 is 90.9 Å². The number of hydrogen-bond donors (Lipinski definition) is 2. The van der Waals surface area contributed by atoms with Crippen LogP contribution >= 0.6 is 0 Å². The summed E-state index contributed by atoms with van der Waals surface area (Å²) in [5.74, 6) is 3.65. The van der Waals surface area contributed by atoms with Gasteiger partial charge >= 0.3 is 17.9 Å². The molecule has 2 N–H and O–H groups in total. The van der Waals surface area contributed by atoms with Gasteiger partial charge < -0.3 is 76.5 Å². The maximum absolute atomic E-state index is 12.0. The molecule has 0 aromatic heterocycles. The highest BCUT2D eigenvalue weighted by Crippen LogP contribution is 2.70. The van der Waals surface area contributed by atoms with Crippen molar-refractivity contribution in [1.29, 1.82) is 0 Å². The van der Waals surface area contributed by atoms with Gasteiger partial charge in [-0.2, -0.15) is 0 Å². The molecule has 0 spiro atoms. The summed E-state index contributed by atoms with van der Waals surface area (Å²) < 4.78 is 72.8. The Balaban J connectivity index is 0.000000111. The van der Waals surface area contributed by atoms with Crippen LogP contribution in [0.3, 0.4) is 0 Å². The van der Waals surface area contributed by atoms with Crippen molar-refractivity contribution in [3.8, 4) is 0 Å². The fourth-order valence-corrected chi connectivity index (χ4v) is 16.1. The lowest BCUT2D eigenvalue weighted by Crippen LogP contribution is -2.56. The summed E-state index contributed by atoms with van der Waals surface area (Å²) in [5, 5.41) is 16.9. The molecule has 1 aromatic carbocycles. The Hall–Kier alpha value is -3.93. The first kappa shape index (κ1) is 74.3. The lowest BCUT2D eigenvalue weighted by molar-refractivity contribution is -0.151. The number of aliphatic hydroxyl groups excluding tert-OH is 2. The summed E-state index contributed by atoms with van der Waals surface area (Å²) >= 11 is 0. The summed E-state index contributed by atoms with van der Waals surface area (Å²) in [4.78, 5) is 32.7. The predicted octanol–water partition coefficient (Wildman–Crippen LogP) is 11.7. The quantitative estimate of drug-likeness (QED) is 0.0464. The molecule has 2 bridgehead atoms. The van der Waals surface area contributed by atoms with Gasteiger partial charge in [-0.3, -0.25) is 4.79 Å². The van der Waals surface area contributed by atoms with E-state index in [0.29, 0.717) is 134 Å². The Morgan fingerprint density at radius 1 is 0.577 bits per heavy atom. The minimum Gasteiger partial charge on any atom is -0.465 e. The number of carbonyl (C=O) groups is 3. The monoisotopic (exact) mass is 1360 g/mol. The topological polar surface area (TPSA) is 257 Å². The molecule has 20 fully saturated rings. The summed E-state index contributed by atoms with van der Waals surface area (Å²) in [7, 11) is 0. The van der Waals surface area contributed by atoms with Gasteiger partial charge in [-0.25, -0.2) is 9.59 Å². The van der Waals surface area contributed by atoms with E-state index in [1.807, 2.05) is 18.2 Å². The van der Waals surface area contributed by atoms with E-state index in [4.69, 9.17) is 67.1 Å². The fourth-order valence-electron chi connectivity index (χ4n) is 16.1. The van der Waals surface area contributed by atoms with Gasteiger partial charge in [0.1, 0.15) is 24.9 Å². The number of allylic oxidation sites excluding steroid dienone is 1. The molecular formula is C78H116O19. The molecule has 25 atom stereocenters. The average molecular weight is 1360 g/mol. The molecule has 9 aliphatic carbocycles. The molecule has 97 heavy (non-hydrogen) atoms. The highest BCUT2D eigenvalue weighted by Gasteiger charge is 2.72. The summed E-state index contributed by atoms with van der Waals surface area (Å²) in [6.07, 6.45) is 37.2. The number of hydrogen-bond acceptors (Lipinski definition) is 19. The maximum Gasteiger partial charge on any atom is 0.334 e. The number of ether oxygens (including phenoxy) is 14. The Labute approximate surface area is 577 Å². The Kier molecular flexibility index (Phi) is 25.3. The van der Waals surface area contributed by atoms with Crippen LogP contribution in [-0.2, 0) is 80.7 Å². The molecule has 0 amide bonds. The predicted molar refractivity (Wildman–Crippen MR) is 362 cm³/mol. The molecule has 11 aliphatic heterocycles. The second-order valence-electron chi connectivity index (χ2n) is 31.7. The molecule has 25 unspecified atom stereocenters. The largest absolute Gasteiger partial charge is 0.465 e. The van der Waals surface area contributed by atoms with Crippen LogP contribution in [0.5, 0.6) is 0 Å². The Morgan fingerprint density at radius 2 is 1.15 bits per heavy atom. The van der Waals surface area contributed by atoms with E-state index in [2.05, 4.69) is 88.6 Å². The van der Waals surface area contributed by atoms with Crippen LogP contribution in [-0.4, -0.2) is 183 Å². The first-order valence-electron chi connectivity index (χ1n) is 37.1. The minimum absolute atomic E-state index is 0.00258.